The fourth-order valence-corrected chi connectivity index (χ4v) is 3.46. The summed E-state index contributed by atoms with van der Waals surface area (Å²) in [7, 11) is 0. The van der Waals surface area contributed by atoms with Crippen molar-refractivity contribution in [3.05, 3.63) is 55.1 Å². The number of amides is 1. The van der Waals surface area contributed by atoms with Gasteiger partial charge in [-0.25, -0.2) is 0 Å². The number of nitrogens with one attached hydrogen (secondary N) is 2. The van der Waals surface area contributed by atoms with Crippen molar-refractivity contribution in [2.45, 2.75) is 40.0 Å². The maximum Gasteiger partial charge on any atom is 0.308 e. The third kappa shape index (κ3) is 2.98. The third-order valence-electron chi connectivity index (χ3n) is 4.07. The van der Waals surface area contributed by atoms with Gasteiger partial charge in [0.2, 0.25) is 5.91 Å². The van der Waals surface area contributed by atoms with Crippen molar-refractivity contribution >= 4 is 17.2 Å². The summed E-state index contributed by atoms with van der Waals surface area (Å²) in [6, 6.07) is 6.27. The molecule has 0 spiro atoms. The average Bonchev–Trinajstić information content (AvgIpc) is 3.05. The van der Waals surface area contributed by atoms with Gasteiger partial charge in [0.25, 0.3) is 0 Å². The van der Waals surface area contributed by atoms with Crippen LogP contribution in [0.4, 0.5) is 0 Å². The van der Waals surface area contributed by atoms with Crippen LogP contribution >= 0.6 is 11.3 Å². The molecular formula is C16H19N3O2S. The van der Waals surface area contributed by atoms with E-state index in [4.69, 9.17) is 0 Å². The minimum absolute atomic E-state index is 0.0752. The molecule has 0 aliphatic carbocycles. The lowest BCUT2D eigenvalue weighted by atomic mass is 10.1. The van der Waals surface area contributed by atoms with Crippen molar-refractivity contribution < 1.29 is 4.79 Å². The average molecular weight is 317 g/mol. The topological polar surface area (TPSA) is 63.1 Å². The molecule has 3 rings (SSSR count). The van der Waals surface area contributed by atoms with Crippen LogP contribution in [-0.2, 0) is 31.0 Å². The second-order valence-corrected chi connectivity index (χ2v) is 6.74. The fourth-order valence-electron chi connectivity index (χ4n) is 2.63. The van der Waals surface area contributed by atoms with Crippen molar-refractivity contribution in [1.29, 1.82) is 0 Å². The Kier molecular flexibility index (Phi) is 4.13. The Morgan fingerprint density at radius 1 is 1.32 bits per heavy atom. The molecule has 0 unspecified atom stereocenters. The smallest absolute Gasteiger partial charge is 0.308 e. The van der Waals surface area contributed by atoms with E-state index in [1.54, 1.807) is 0 Å². The number of aromatic nitrogens is 1. The molecule has 0 radical (unpaired) electrons. The summed E-state index contributed by atoms with van der Waals surface area (Å²) in [5, 5.41) is 6.19. The highest BCUT2D eigenvalue weighted by Crippen LogP contribution is 2.17. The van der Waals surface area contributed by atoms with E-state index in [1.807, 2.05) is 19.9 Å². The molecule has 2 heterocycles. The van der Waals surface area contributed by atoms with Gasteiger partial charge in [0.15, 0.2) is 0 Å². The Hall–Kier alpha value is -1.92. The molecule has 0 atom stereocenters. The first-order valence-electron chi connectivity index (χ1n) is 7.29. The summed E-state index contributed by atoms with van der Waals surface area (Å²) in [4.78, 5) is 24.7. The molecule has 0 saturated heterocycles. The van der Waals surface area contributed by atoms with Crippen LogP contribution < -0.4 is 15.5 Å². The number of carbonyl (C=O) groups excluding carboxylic acids is 1. The predicted octanol–water partition coefficient (Wildman–Crippen LogP) is 1.45. The zero-order chi connectivity index (χ0) is 15.7. The lowest BCUT2D eigenvalue weighted by Gasteiger charge is -2.08. The molecule has 0 saturated carbocycles. The molecule has 2 N–H and O–H groups in total. The summed E-state index contributed by atoms with van der Waals surface area (Å²) in [6.07, 6.45) is 0. The molecule has 1 aromatic heterocycles. The van der Waals surface area contributed by atoms with Gasteiger partial charge in [-0.3, -0.25) is 14.2 Å². The van der Waals surface area contributed by atoms with E-state index in [9.17, 15) is 9.59 Å². The van der Waals surface area contributed by atoms with E-state index >= 15 is 0 Å². The largest absolute Gasteiger partial charge is 0.350 e. The van der Waals surface area contributed by atoms with Gasteiger partial charge < -0.3 is 10.6 Å². The zero-order valence-corrected chi connectivity index (χ0v) is 13.5. The lowest BCUT2D eigenvalue weighted by molar-refractivity contribution is -0.121. The van der Waals surface area contributed by atoms with Crippen LogP contribution in [0.3, 0.4) is 0 Å². The van der Waals surface area contributed by atoms with Crippen LogP contribution in [0.25, 0.3) is 0 Å². The second-order valence-electron chi connectivity index (χ2n) is 5.58. The molecule has 0 fully saturated rings. The Labute approximate surface area is 133 Å². The molecule has 6 heteroatoms. The summed E-state index contributed by atoms with van der Waals surface area (Å²) in [6.45, 7) is 6.15. The van der Waals surface area contributed by atoms with Crippen LogP contribution in [0.2, 0.25) is 0 Å². The summed E-state index contributed by atoms with van der Waals surface area (Å²) < 4.78 is 1.53. The van der Waals surface area contributed by atoms with E-state index in [-0.39, 0.29) is 17.3 Å². The van der Waals surface area contributed by atoms with Crippen molar-refractivity contribution in [1.82, 2.24) is 15.2 Å². The zero-order valence-electron chi connectivity index (χ0n) is 12.7. The van der Waals surface area contributed by atoms with E-state index in [0.29, 0.717) is 6.54 Å². The second kappa shape index (κ2) is 6.06. The SMILES string of the molecule is Cc1sc(=O)n(CC(=O)NCc2ccc3c(c2)CNC3)c1C. The maximum absolute atomic E-state index is 12.1. The van der Waals surface area contributed by atoms with Crippen molar-refractivity contribution in [3.63, 3.8) is 0 Å². The molecule has 1 aromatic carbocycles. The van der Waals surface area contributed by atoms with Gasteiger partial charge in [-0.15, -0.1) is 0 Å². The van der Waals surface area contributed by atoms with Crippen LogP contribution in [0.15, 0.2) is 23.0 Å². The lowest BCUT2D eigenvalue weighted by Crippen LogP contribution is -2.30. The van der Waals surface area contributed by atoms with Gasteiger partial charge in [0.1, 0.15) is 6.54 Å². The number of fused-ring (bicyclic) bond motifs is 1. The maximum atomic E-state index is 12.1. The number of nitrogens with zero attached hydrogens (tertiary/aromatic N) is 1. The van der Waals surface area contributed by atoms with Gasteiger partial charge in [-0.05, 0) is 30.5 Å². The minimum Gasteiger partial charge on any atom is -0.350 e. The molecule has 116 valence electrons. The highest BCUT2D eigenvalue weighted by molar-refractivity contribution is 7.09. The van der Waals surface area contributed by atoms with Gasteiger partial charge >= 0.3 is 4.87 Å². The number of aryl methyl sites for hydroxylation is 1. The molecule has 0 bridgehead atoms. The van der Waals surface area contributed by atoms with E-state index in [0.717, 1.165) is 29.2 Å². The number of thiazole rings is 1. The van der Waals surface area contributed by atoms with Gasteiger partial charge in [-0.2, -0.15) is 0 Å². The van der Waals surface area contributed by atoms with Crippen LogP contribution in [0, 0.1) is 13.8 Å². The number of benzene rings is 1. The predicted molar refractivity (Wildman–Crippen MR) is 86.9 cm³/mol. The molecule has 5 nitrogen and oxygen atoms in total. The van der Waals surface area contributed by atoms with Crippen LogP contribution in [-0.4, -0.2) is 10.5 Å². The number of carbonyl (C=O) groups is 1. The van der Waals surface area contributed by atoms with E-state index < -0.39 is 0 Å². The molecular weight excluding hydrogens is 298 g/mol. The third-order valence-corrected chi connectivity index (χ3v) is 5.06. The first-order valence-corrected chi connectivity index (χ1v) is 8.11. The summed E-state index contributed by atoms with van der Waals surface area (Å²) >= 11 is 1.19. The number of rotatable bonds is 4. The van der Waals surface area contributed by atoms with Gasteiger partial charge in [0.05, 0.1) is 0 Å². The van der Waals surface area contributed by atoms with Gasteiger partial charge in [0, 0.05) is 30.2 Å². The molecule has 22 heavy (non-hydrogen) atoms. The molecule has 1 aliphatic rings. The van der Waals surface area contributed by atoms with Crippen molar-refractivity contribution in [2.24, 2.45) is 0 Å². The highest BCUT2D eigenvalue weighted by atomic mass is 32.1. The minimum atomic E-state index is -0.137. The van der Waals surface area contributed by atoms with E-state index in [2.05, 4.69) is 22.8 Å². The molecule has 1 amide bonds. The molecule has 1 aliphatic heterocycles. The monoisotopic (exact) mass is 317 g/mol. The Morgan fingerprint density at radius 2 is 2.09 bits per heavy atom. The standard InChI is InChI=1S/C16H19N3O2S/c1-10-11(2)22-16(21)19(10)9-15(20)18-6-12-3-4-13-7-17-8-14(13)5-12/h3-5,17H,6-9H2,1-2H3,(H,18,20). The highest BCUT2D eigenvalue weighted by Gasteiger charge is 2.12. The number of hydrogen-bond donors (Lipinski definition) is 2. The first kappa shape index (κ1) is 15.0. The van der Waals surface area contributed by atoms with Crippen LogP contribution in [0.1, 0.15) is 27.3 Å². The van der Waals surface area contributed by atoms with Crippen molar-refractivity contribution in [2.75, 3.05) is 0 Å². The normalized spacial score (nSPS) is 13.2. The summed E-state index contributed by atoms with van der Waals surface area (Å²) in [5.74, 6) is -0.137. The van der Waals surface area contributed by atoms with Gasteiger partial charge in [-0.1, -0.05) is 29.5 Å². The van der Waals surface area contributed by atoms with Crippen molar-refractivity contribution in [3.8, 4) is 0 Å². The first-order chi connectivity index (χ1) is 10.5. The quantitative estimate of drug-likeness (QED) is 0.897. The molecule has 2 aromatic rings. The Morgan fingerprint density at radius 3 is 2.82 bits per heavy atom. The Bertz CT molecular complexity index is 776. The summed E-state index contributed by atoms with van der Waals surface area (Å²) in [5.41, 5.74) is 4.58. The van der Waals surface area contributed by atoms with Crippen LogP contribution in [0.5, 0.6) is 0 Å². The fraction of sp³-hybridized carbons (Fsp3) is 0.375. The van der Waals surface area contributed by atoms with E-state index in [1.165, 1.54) is 27.0 Å². The number of hydrogen-bond acceptors (Lipinski definition) is 4. The Balaban J connectivity index is 1.62.